The number of aromatic nitrogens is 4. The van der Waals surface area contributed by atoms with Crippen molar-refractivity contribution in [2.75, 3.05) is 12.3 Å². The summed E-state index contributed by atoms with van der Waals surface area (Å²) in [7, 11) is 0. The number of halogens is 1. The van der Waals surface area contributed by atoms with E-state index >= 15 is 0 Å². The highest BCUT2D eigenvalue weighted by atomic mass is 35.5. The summed E-state index contributed by atoms with van der Waals surface area (Å²) in [4.78, 5) is 11.9. The van der Waals surface area contributed by atoms with Crippen molar-refractivity contribution >= 4 is 23.2 Å². The number of rotatable bonds is 5. The first-order chi connectivity index (χ1) is 9.10. The number of nitrogens with one attached hydrogen (secondary N) is 1. The normalized spacial score (nSPS) is 10.6. The topological polar surface area (TPSA) is 90.8 Å². The van der Waals surface area contributed by atoms with Crippen LogP contribution in [0, 0.1) is 0 Å². The minimum absolute atomic E-state index is 0.250. The van der Waals surface area contributed by atoms with Crippen LogP contribution in [-0.4, -0.2) is 32.0 Å². The number of hydrogen-bond acceptors (Lipinski definition) is 4. The molecule has 0 unspecified atom stereocenters. The lowest BCUT2D eigenvalue weighted by Gasteiger charge is -2.04. The number of carbonyl (C=O) groups excluding carboxylic acids is 1. The lowest BCUT2D eigenvalue weighted by Crippen LogP contribution is -2.28. The van der Waals surface area contributed by atoms with Gasteiger partial charge in [-0.15, -0.1) is 0 Å². The molecule has 2 rings (SSSR count). The molecule has 0 bridgehead atoms. The van der Waals surface area contributed by atoms with Crippen LogP contribution >= 0.6 is 11.6 Å². The van der Waals surface area contributed by atoms with Gasteiger partial charge in [-0.05, 0) is 6.92 Å². The molecular formula is C11H15ClN6O. The maximum Gasteiger partial charge on any atom is 0.274 e. The van der Waals surface area contributed by atoms with Gasteiger partial charge in [0.05, 0.1) is 23.5 Å². The lowest BCUT2D eigenvalue weighted by molar-refractivity contribution is 0.0947. The Morgan fingerprint density at radius 2 is 2.26 bits per heavy atom. The van der Waals surface area contributed by atoms with Gasteiger partial charge < -0.3 is 11.1 Å². The largest absolute Gasteiger partial charge is 0.396 e. The van der Waals surface area contributed by atoms with E-state index in [1.807, 2.05) is 6.92 Å². The van der Waals surface area contributed by atoms with Gasteiger partial charge in [-0.25, -0.2) is 0 Å². The maximum absolute atomic E-state index is 11.9. The smallest absolute Gasteiger partial charge is 0.274 e. The monoisotopic (exact) mass is 282 g/mol. The quantitative estimate of drug-likeness (QED) is 0.847. The molecule has 0 radical (unpaired) electrons. The number of hydrogen-bond donors (Lipinski definition) is 2. The highest BCUT2D eigenvalue weighted by Crippen LogP contribution is 2.08. The first-order valence-corrected chi connectivity index (χ1v) is 6.27. The Bertz CT molecular complexity index is 576. The van der Waals surface area contributed by atoms with Crippen molar-refractivity contribution in [3.05, 3.63) is 29.3 Å². The van der Waals surface area contributed by atoms with Crippen LogP contribution in [0.1, 0.15) is 17.4 Å². The molecule has 7 nitrogen and oxygen atoms in total. The molecule has 0 atom stereocenters. The predicted octanol–water partition coefficient (Wildman–Crippen LogP) is 0.765. The number of amides is 1. The minimum atomic E-state index is -0.289. The molecule has 19 heavy (non-hydrogen) atoms. The summed E-state index contributed by atoms with van der Waals surface area (Å²) in [6, 6.07) is 0. The second kappa shape index (κ2) is 5.75. The molecule has 0 aliphatic carbocycles. The second-order valence-electron chi connectivity index (χ2n) is 3.97. The molecule has 0 spiro atoms. The number of anilines is 1. The zero-order valence-corrected chi connectivity index (χ0v) is 11.3. The fourth-order valence-electron chi connectivity index (χ4n) is 1.60. The van der Waals surface area contributed by atoms with E-state index in [1.54, 1.807) is 28.0 Å². The van der Waals surface area contributed by atoms with Crippen LogP contribution < -0.4 is 11.1 Å². The van der Waals surface area contributed by atoms with Crippen molar-refractivity contribution in [2.45, 2.75) is 20.0 Å². The zero-order valence-electron chi connectivity index (χ0n) is 10.5. The summed E-state index contributed by atoms with van der Waals surface area (Å²) in [6.07, 6.45) is 4.88. The van der Waals surface area contributed by atoms with Gasteiger partial charge >= 0.3 is 0 Å². The van der Waals surface area contributed by atoms with Gasteiger partial charge in [-0.1, -0.05) is 11.6 Å². The molecule has 8 heteroatoms. The van der Waals surface area contributed by atoms with Crippen molar-refractivity contribution in [1.82, 2.24) is 24.9 Å². The molecule has 3 N–H and O–H groups in total. The van der Waals surface area contributed by atoms with Crippen molar-refractivity contribution in [3.8, 4) is 0 Å². The van der Waals surface area contributed by atoms with Gasteiger partial charge in [0, 0.05) is 25.5 Å². The summed E-state index contributed by atoms with van der Waals surface area (Å²) >= 11 is 5.74. The molecule has 102 valence electrons. The van der Waals surface area contributed by atoms with E-state index in [9.17, 15) is 4.79 Å². The molecule has 2 aromatic heterocycles. The van der Waals surface area contributed by atoms with Gasteiger partial charge in [0.2, 0.25) is 0 Å². The van der Waals surface area contributed by atoms with Crippen molar-refractivity contribution in [2.24, 2.45) is 0 Å². The zero-order chi connectivity index (χ0) is 13.8. The van der Waals surface area contributed by atoms with Crippen LogP contribution in [0.2, 0.25) is 5.02 Å². The SMILES string of the molecule is CCn1cc(N)c(C(=O)NCCn2cc(Cl)cn2)n1. The van der Waals surface area contributed by atoms with E-state index in [4.69, 9.17) is 17.3 Å². The molecule has 0 saturated heterocycles. The van der Waals surface area contributed by atoms with Crippen LogP contribution in [0.5, 0.6) is 0 Å². The van der Waals surface area contributed by atoms with E-state index < -0.39 is 0 Å². The Hall–Kier alpha value is -2.02. The standard InChI is InChI=1S/C11H15ClN6O/c1-2-17-7-9(13)10(16-17)11(19)14-3-4-18-6-8(12)5-15-18/h5-7H,2-4,13H2,1H3,(H,14,19). The number of nitrogens with zero attached hydrogens (tertiary/aromatic N) is 4. The highest BCUT2D eigenvalue weighted by Gasteiger charge is 2.13. The molecular weight excluding hydrogens is 268 g/mol. The minimum Gasteiger partial charge on any atom is -0.396 e. The molecule has 0 aromatic carbocycles. The molecule has 0 aliphatic rings. The summed E-state index contributed by atoms with van der Waals surface area (Å²) in [5.41, 5.74) is 6.35. The first-order valence-electron chi connectivity index (χ1n) is 5.89. The van der Waals surface area contributed by atoms with E-state index in [-0.39, 0.29) is 11.6 Å². The van der Waals surface area contributed by atoms with Gasteiger partial charge in [0.15, 0.2) is 5.69 Å². The average Bonchev–Trinajstić information content (AvgIpc) is 2.95. The molecule has 1 amide bonds. The third-order valence-electron chi connectivity index (χ3n) is 2.56. The van der Waals surface area contributed by atoms with Crippen LogP contribution in [0.25, 0.3) is 0 Å². The summed E-state index contributed by atoms with van der Waals surface area (Å²) in [5, 5.41) is 11.4. The number of nitrogens with two attached hydrogens (primary N) is 1. The van der Waals surface area contributed by atoms with E-state index in [1.165, 1.54) is 0 Å². The van der Waals surface area contributed by atoms with Gasteiger partial charge in [0.1, 0.15) is 0 Å². The van der Waals surface area contributed by atoms with E-state index in [0.717, 1.165) is 0 Å². The fraction of sp³-hybridized carbons (Fsp3) is 0.364. The fourth-order valence-corrected chi connectivity index (χ4v) is 1.76. The van der Waals surface area contributed by atoms with Crippen molar-refractivity contribution in [3.63, 3.8) is 0 Å². The molecule has 0 fully saturated rings. The average molecular weight is 283 g/mol. The van der Waals surface area contributed by atoms with Crippen LogP contribution in [0.15, 0.2) is 18.6 Å². The molecule has 0 saturated carbocycles. The Morgan fingerprint density at radius 1 is 1.47 bits per heavy atom. The van der Waals surface area contributed by atoms with Gasteiger partial charge in [-0.2, -0.15) is 10.2 Å². The molecule has 0 aliphatic heterocycles. The van der Waals surface area contributed by atoms with Crippen LogP contribution in [0.4, 0.5) is 5.69 Å². The summed E-state index contributed by atoms with van der Waals surface area (Å²) in [5.74, 6) is -0.289. The maximum atomic E-state index is 11.9. The number of carbonyl (C=O) groups is 1. The van der Waals surface area contributed by atoms with Gasteiger partial charge in [-0.3, -0.25) is 14.2 Å². The lowest BCUT2D eigenvalue weighted by atomic mass is 10.3. The Labute approximate surface area is 115 Å². The van der Waals surface area contributed by atoms with Crippen molar-refractivity contribution < 1.29 is 4.79 Å². The van der Waals surface area contributed by atoms with E-state index in [2.05, 4.69) is 15.5 Å². The Kier molecular flexibility index (Phi) is 4.06. The highest BCUT2D eigenvalue weighted by molar-refractivity contribution is 6.30. The molecule has 2 heterocycles. The Morgan fingerprint density at radius 3 is 2.84 bits per heavy atom. The van der Waals surface area contributed by atoms with Gasteiger partial charge in [0.25, 0.3) is 5.91 Å². The molecule has 2 aromatic rings. The van der Waals surface area contributed by atoms with Crippen molar-refractivity contribution in [1.29, 1.82) is 0 Å². The van der Waals surface area contributed by atoms with E-state index in [0.29, 0.717) is 30.3 Å². The summed E-state index contributed by atoms with van der Waals surface area (Å²) in [6.45, 7) is 3.56. The van der Waals surface area contributed by atoms with Crippen LogP contribution in [0.3, 0.4) is 0 Å². The van der Waals surface area contributed by atoms with Crippen LogP contribution in [-0.2, 0) is 13.1 Å². The second-order valence-corrected chi connectivity index (χ2v) is 4.40. The third kappa shape index (κ3) is 3.25. The third-order valence-corrected chi connectivity index (χ3v) is 2.75. The predicted molar refractivity (Wildman–Crippen MR) is 71.9 cm³/mol. The number of aryl methyl sites for hydroxylation is 1. The number of nitrogen functional groups attached to an aromatic ring is 1. The Balaban J connectivity index is 1.88. The first kappa shape index (κ1) is 13.4. The summed E-state index contributed by atoms with van der Waals surface area (Å²) < 4.78 is 3.27.